The maximum Gasteiger partial charge on any atom is 0.276 e. The first-order valence-electron chi connectivity index (χ1n) is 10.8. The lowest BCUT2D eigenvalue weighted by molar-refractivity contribution is 0.0686. The highest BCUT2D eigenvalue weighted by molar-refractivity contribution is 9.10. The normalized spacial score (nSPS) is 11.6. The minimum Gasteiger partial charge on any atom is -0.472 e. The molecule has 4 aromatic rings. The summed E-state index contributed by atoms with van der Waals surface area (Å²) in [7, 11) is 0. The van der Waals surface area contributed by atoms with E-state index in [1.807, 2.05) is 0 Å². The number of benzene rings is 2. The number of rotatable bonds is 6. The first-order valence-corrected chi connectivity index (χ1v) is 12.0. The topological polar surface area (TPSA) is 90.1 Å². The number of aliphatic hydroxyl groups is 1. The second-order valence-corrected chi connectivity index (χ2v) is 9.76. The Morgan fingerprint density at radius 2 is 1.84 bits per heavy atom. The van der Waals surface area contributed by atoms with Crippen molar-refractivity contribution < 1.29 is 23.0 Å². The Morgan fingerprint density at radius 3 is 2.51 bits per heavy atom. The molecule has 0 aliphatic heterocycles. The summed E-state index contributed by atoms with van der Waals surface area (Å²) in [6.07, 6.45) is 0.954. The largest absolute Gasteiger partial charge is 0.472 e. The van der Waals surface area contributed by atoms with Gasteiger partial charge in [0, 0.05) is 17.2 Å². The highest BCUT2D eigenvalue weighted by Crippen LogP contribution is 2.30. The first kappa shape index (κ1) is 26.8. The third-order valence-corrected chi connectivity index (χ3v) is 6.29. The molecule has 0 radical (unpaired) electrons. The molecule has 0 atom stereocenters. The Kier molecular flexibility index (Phi) is 7.40. The van der Waals surface area contributed by atoms with Crippen LogP contribution in [-0.4, -0.2) is 24.6 Å². The molecular weight excluding hydrogens is 577 g/mol. The van der Waals surface area contributed by atoms with E-state index in [4.69, 9.17) is 16.3 Å². The summed E-state index contributed by atoms with van der Waals surface area (Å²) in [5.74, 6) is -2.18. The molecule has 0 aliphatic carbocycles. The van der Waals surface area contributed by atoms with Crippen LogP contribution < -0.4 is 10.3 Å². The highest BCUT2D eigenvalue weighted by atomic mass is 79.9. The molecule has 0 bridgehead atoms. The maximum absolute atomic E-state index is 14.6. The lowest BCUT2D eigenvalue weighted by Gasteiger charge is -2.17. The summed E-state index contributed by atoms with van der Waals surface area (Å²) < 4.78 is 48.4. The Balaban J connectivity index is 1.75. The lowest BCUT2D eigenvalue weighted by Crippen LogP contribution is -2.24. The SMILES string of the molecule is Cc1nc(OCc2ccc(F)cc2F)c(Br)c(=O)n1-c1cc(-c2nc(C(C)(C)O)ncc2F)ccc1Cl. The summed E-state index contributed by atoms with van der Waals surface area (Å²) in [6.45, 7) is 4.17. The van der Waals surface area contributed by atoms with Crippen LogP contribution in [-0.2, 0) is 12.2 Å². The van der Waals surface area contributed by atoms with Gasteiger partial charge < -0.3 is 9.84 Å². The van der Waals surface area contributed by atoms with Crippen molar-refractivity contribution in [1.29, 1.82) is 0 Å². The average Bonchev–Trinajstić information content (AvgIpc) is 2.82. The van der Waals surface area contributed by atoms with Gasteiger partial charge in [-0.15, -0.1) is 0 Å². The molecule has 0 amide bonds. The summed E-state index contributed by atoms with van der Waals surface area (Å²) in [6, 6.07) is 7.49. The number of hydrogen-bond donors (Lipinski definition) is 1. The van der Waals surface area contributed by atoms with E-state index in [1.165, 1.54) is 49.6 Å². The van der Waals surface area contributed by atoms with Crippen molar-refractivity contribution in [3.05, 3.63) is 97.1 Å². The summed E-state index contributed by atoms with van der Waals surface area (Å²) in [5, 5.41) is 10.4. The quantitative estimate of drug-likeness (QED) is 0.311. The van der Waals surface area contributed by atoms with Crippen molar-refractivity contribution in [2.75, 3.05) is 0 Å². The van der Waals surface area contributed by atoms with Crippen LogP contribution in [0.1, 0.15) is 31.1 Å². The van der Waals surface area contributed by atoms with Gasteiger partial charge in [-0.05, 0) is 61.0 Å². The number of halogens is 5. The molecule has 0 aliphatic rings. The van der Waals surface area contributed by atoms with Crippen LogP contribution in [0, 0.1) is 24.4 Å². The average molecular weight is 596 g/mol. The third kappa shape index (κ3) is 5.53. The van der Waals surface area contributed by atoms with Crippen LogP contribution in [0.5, 0.6) is 5.88 Å². The standard InChI is InChI=1S/C25H19BrClF3N4O3/c1-12-32-22(37-11-14-4-6-15(28)9-17(14)29)20(26)23(35)34(12)19-8-13(5-7-16(19)27)21-18(30)10-31-24(33-21)25(2,3)36/h4-10,36H,11H2,1-3H3. The molecule has 7 nitrogen and oxygen atoms in total. The van der Waals surface area contributed by atoms with Crippen LogP contribution >= 0.6 is 27.5 Å². The smallest absolute Gasteiger partial charge is 0.276 e. The van der Waals surface area contributed by atoms with Gasteiger partial charge in [0.05, 0.1) is 16.9 Å². The fourth-order valence-corrected chi connectivity index (χ4v) is 4.03. The van der Waals surface area contributed by atoms with Crippen LogP contribution in [0.3, 0.4) is 0 Å². The van der Waals surface area contributed by atoms with E-state index in [0.29, 0.717) is 0 Å². The van der Waals surface area contributed by atoms with E-state index in [0.717, 1.165) is 18.3 Å². The number of ether oxygens (including phenoxy) is 1. The zero-order valence-corrected chi connectivity index (χ0v) is 22.0. The lowest BCUT2D eigenvalue weighted by atomic mass is 10.1. The Hall–Kier alpha value is -3.28. The molecule has 2 aromatic carbocycles. The van der Waals surface area contributed by atoms with Crippen molar-refractivity contribution in [3.8, 4) is 22.8 Å². The van der Waals surface area contributed by atoms with Gasteiger partial charge >= 0.3 is 0 Å². The summed E-state index contributed by atoms with van der Waals surface area (Å²) in [5.41, 5.74) is -1.56. The molecule has 2 heterocycles. The minimum absolute atomic E-state index is 0.0113. The second-order valence-electron chi connectivity index (χ2n) is 8.56. The fraction of sp³-hybridized carbons (Fsp3) is 0.200. The van der Waals surface area contributed by atoms with Crippen molar-refractivity contribution in [2.45, 2.75) is 33.0 Å². The number of aromatic nitrogens is 4. The van der Waals surface area contributed by atoms with Gasteiger partial charge in [0.25, 0.3) is 5.56 Å². The molecule has 0 spiro atoms. The number of hydrogen-bond acceptors (Lipinski definition) is 6. The molecule has 0 saturated heterocycles. The third-order valence-electron chi connectivity index (χ3n) is 5.30. The van der Waals surface area contributed by atoms with Crippen molar-refractivity contribution in [3.63, 3.8) is 0 Å². The molecule has 0 unspecified atom stereocenters. The Bertz CT molecular complexity index is 1570. The van der Waals surface area contributed by atoms with Gasteiger partial charge in [-0.25, -0.2) is 23.1 Å². The number of aryl methyl sites for hydroxylation is 1. The van der Waals surface area contributed by atoms with E-state index in [9.17, 15) is 23.1 Å². The molecular formula is C25H19BrClF3N4O3. The first-order chi connectivity index (χ1) is 17.4. The highest BCUT2D eigenvalue weighted by Gasteiger charge is 2.23. The molecule has 37 heavy (non-hydrogen) atoms. The summed E-state index contributed by atoms with van der Waals surface area (Å²) in [4.78, 5) is 25.6. The van der Waals surface area contributed by atoms with Crippen molar-refractivity contribution in [2.24, 2.45) is 0 Å². The van der Waals surface area contributed by atoms with Crippen LogP contribution in [0.2, 0.25) is 5.02 Å². The van der Waals surface area contributed by atoms with Crippen molar-refractivity contribution >= 4 is 27.5 Å². The monoisotopic (exact) mass is 594 g/mol. The van der Waals surface area contributed by atoms with Crippen LogP contribution in [0.25, 0.3) is 16.9 Å². The molecule has 12 heteroatoms. The van der Waals surface area contributed by atoms with Crippen molar-refractivity contribution in [1.82, 2.24) is 19.5 Å². The van der Waals surface area contributed by atoms with Gasteiger partial charge in [-0.2, -0.15) is 4.98 Å². The fourth-order valence-electron chi connectivity index (χ4n) is 3.44. The van der Waals surface area contributed by atoms with Gasteiger partial charge in [-0.1, -0.05) is 17.7 Å². The summed E-state index contributed by atoms with van der Waals surface area (Å²) >= 11 is 9.57. The maximum atomic E-state index is 14.6. The zero-order valence-electron chi connectivity index (χ0n) is 19.7. The Morgan fingerprint density at radius 1 is 1.11 bits per heavy atom. The molecule has 0 saturated carbocycles. The minimum atomic E-state index is -1.41. The van der Waals surface area contributed by atoms with Gasteiger partial charge in [0.1, 0.15) is 39.8 Å². The van der Waals surface area contributed by atoms with E-state index >= 15 is 0 Å². The second kappa shape index (κ2) is 10.2. The van der Waals surface area contributed by atoms with E-state index in [-0.39, 0.29) is 56.1 Å². The molecule has 1 N–H and O–H groups in total. The number of nitrogens with zero attached hydrogens (tertiary/aromatic N) is 4. The predicted octanol–water partition coefficient (Wildman–Crippen LogP) is 5.64. The van der Waals surface area contributed by atoms with Crippen LogP contribution in [0.4, 0.5) is 13.2 Å². The van der Waals surface area contributed by atoms with Crippen LogP contribution in [0.15, 0.2) is 51.9 Å². The van der Waals surface area contributed by atoms with E-state index in [1.54, 1.807) is 0 Å². The van der Waals surface area contributed by atoms with E-state index < -0.39 is 28.6 Å². The molecule has 2 aromatic heterocycles. The molecule has 0 fully saturated rings. The Labute approximate surface area is 222 Å². The van der Waals surface area contributed by atoms with Gasteiger partial charge in [-0.3, -0.25) is 9.36 Å². The van der Waals surface area contributed by atoms with E-state index in [2.05, 4.69) is 30.9 Å². The zero-order chi connectivity index (χ0) is 27.1. The molecule has 192 valence electrons. The van der Waals surface area contributed by atoms with Gasteiger partial charge in [0.15, 0.2) is 11.6 Å². The molecule has 4 rings (SSSR count). The predicted molar refractivity (Wildman–Crippen MR) is 134 cm³/mol. The van der Waals surface area contributed by atoms with Gasteiger partial charge in [0.2, 0.25) is 5.88 Å².